The minimum atomic E-state index is -5.37. The molecule has 0 bridgehead atoms. The van der Waals surface area contributed by atoms with Crippen LogP contribution >= 0.6 is 10.7 Å². The molecule has 0 aromatic heterocycles. The first-order chi connectivity index (χ1) is 6.63. The molecule has 0 radical (unpaired) electrons. The normalized spacial score (nSPS) is 26.7. The molecule has 0 aromatic carbocycles. The van der Waals surface area contributed by atoms with Gasteiger partial charge in [0.05, 0.1) is 0 Å². The summed E-state index contributed by atoms with van der Waals surface area (Å²) in [7, 11) is 2.96. The Hall–Kier alpha value is -0.0400. The van der Waals surface area contributed by atoms with Crippen molar-refractivity contribution in [3.05, 3.63) is 12.2 Å². The van der Waals surface area contributed by atoms with Crippen LogP contribution in [0.5, 0.6) is 0 Å². The molecule has 1 aliphatic rings. The van der Waals surface area contributed by atoms with Gasteiger partial charge in [0, 0.05) is 6.42 Å². The van der Waals surface area contributed by atoms with Crippen LogP contribution in [0.4, 0.5) is 26.3 Å². The van der Waals surface area contributed by atoms with E-state index in [-0.39, 0.29) is 0 Å². The third-order valence-electron chi connectivity index (χ3n) is 2.11. The van der Waals surface area contributed by atoms with Gasteiger partial charge in [-0.1, -0.05) is 6.08 Å². The van der Waals surface area contributed by atoms with Crippen molar-refractivity contribution in [3.63, 3.8) is 0 Å². The van der Waals surface area contributed by atoms with Crippen LogP contribution in [0.3, 0.4) is 0 Å². The van der Waals surface area contributed by atoms with E-state index in [1.54, 1.807) is 0 Å². The van der Waals surface area contributed by atoms with Gasteiger partial charge in [0.1, 0.15) is 15.9 Å². The van der Waals surface area contributed by atoms with Gasteiger partial charge in [-0.3, -0.25) is 0 Å². The lowest BCUT2D eigenvalue weighted by molar-refractivity contribution is -0.264. The van der Waals surface area contributed by atoms with Gasteiger partial charge in [-0.25, -0.2) is 0 Å². The number of halogens is 7. The Morgan fingerprint density at radius 3 is 1.73 bits per heavy atom. The van der Waals surface area contributed by atoms with E-state index in [4.69, 9.17) is 10.7 Å². The minimum absolute atomic E-state index is 0.402. The number of alkyl halides is 6. The van der Waals surface area contributed by atoms with Gasteiger partial charge in [0.15, 0.2) is 10.7 Å². The summed E-state index contributed by atoms with van der Waals surface area (Å²) in [5, 5.41) is 0. The van der Waals surface area contributed by atoms with Crippen molar-refractivity contribution in [2.45, 2.75) is 23.5 Å². The molecule has 1 aliphatic heterocycles. The Bertz CT molecular complexity index is 254. The molecule has 88 valence electrons. The molecule has 0 N–H and O–H groups in total. The monoisotopic (exact) mass is 271 g/mol. The molecule has 8 heteroatoms. The van der Waals surface area contributed by atoms with E-state index in [1.165, 1.54) is 6.08 Å². The van der Waals surface area contributed by atoms with E-state index in [0.29, 0.717) is 0 Å². The zero-order valence-corrected chi connectivity index (χ0v) is 8.70. The molecular weight excluding hydrogens is 266 g/mol. The lowest BCUT2D eigenvalue weighted by Gasteiger charge is -2.33. The highest BCUT2D eigenvalue weighted by Gasteiger charge is 2.81. The maximum atomic E-state index is 12.5. The van der Waals surface area contributed by atoms with Crippen molar-refractivity contribution in [3.8, 4) is 0 Å². The quantitative estimate of drug-likeness (QED) is 0.359. The highest BCUT2D eigenvalue weighted by atomic mass is 35.7. The average molecular weight is 272 g/mol. The summed E-state index contributed by atoms with van der Waals surface area (Å²) >= 11 is 0. The first-order valence-corrected chi connectivity index (χ1v) is 6.00. The van der Waals surface area contributed by atoms with Crippen molar-refractivity contribution in [1.29, 1.82) is 0 Å². The molecule has 1 rings (SSSR count). The Kier molecular flexibility index (Phi) is 3.27. The highest BCUT2D eigenvalue weighted by Crippen LogP contribution is 2.54. The highest BCUT2D eigenvalue weighted by molar-refractivity contribution is 8.19. The first kappa shape index (κ1) is 13.0. The fourth-order valence-electron chi connectivity index (χ4n) is 1.28. The molecule has 0 nitrogen and oxygen atoms in total. The van der Waals surface area contributed by atoms with Crippen LogP contribution in [0, 0.1) is 0 Å². The molecule has 0 spiro atoms. The Morgan fingerprint density at radius 2 is 1.47 bits per heavy atom. The van der Waals surface area contributed by atoms with Gasteiger partial charge in [-0.15, -0.1) is 0 Å². The molecule has 0 saturated heterocycles. The fraction of sp³-hybridized carbons (Fsp3) is 0.714. The lowest BCUT2D eigenvalue weighted by atomic mass is 10.0. The van der Waals surface area contributed by atoms with Gasteiger partial charge in [0.25, 0.3) is 0 Å². The number of rotatable bonds is 0. The van der Waals surface area contributed by atoms with Crippen molar-refractivity contribution >= 4 is 20.8 Å². The van der Waals surface area contributed by atoms with Crippen LogP contribution in [0.1, 0.15) is 6.42 Å². The molecule has 0 saturated carbocycles. The third kappa shape index (κ3) is 1.95. The second-order valence-electron chi connectivity index (χ2n) is 3.00. The first-order valence-electron chi connectivity index (χ1n) is 3.78. The fourth-order valence-corrected chi connectivity index (χ4v) is 3.58. The molecule has 0 aliphatic carbocycles. The van der Waals surface area contributed by atoms with Crippen LogP contribution in [-0.4, -0.2) is 22.9 Å². The zero-order valence-electron chi connectivity index (χ0n) is 7.12. The van der Waals surface area contributed by atoms with Gasteiger partial charge >= 0.3 is 17.1 Å². The summed E-state index contributed by atoms with van der Waals surface area (Å²) in [6.45, 7) is 0. The van der Waals surface area contributed by atoms with Gasteiger partial charge in [0.2, 0.25) is 0 Å². The smallest absolute Gasteiger partial charge is 0.165 e. The SMILES string of the molecule is FC(F)(F)C1(C(F)(F)F)CC=CC[S+]1Cl. The van der Waals surface area contributed by atoms with E-state index in [0.717, 1.165) is 6.08 Å². The van der Waals surface area contributed by atoms with Gasteiger partial charge < -0.3 is 0 Å². The molecule has 0 amide bonds. The van der Waals surface area contributed by atoms with Crippen LogP contribution in [0.15, 0.2) is 12.2 Å². The second-order valence-corrected chi connectivity index (χ2v) is 5.80. The van der Waals surface area contributed by atoms with Crippen LogP contribution in [-0.2, 0) is 10.1 Å². The van der Waals surface area contributed by atoms with Crippen LogP contribution < -0.4 is 0 Å². The number of hydrogen-bond acceptors (Lipinski definition) is 0. The zero-order chi connectivity index (χ0) is 11.9. The molecule has 0 fully saturated rings. The van der Waals surface area contributed by atoms with E-state index in [2.05, 4.69) is 0 Å². The van der Waals surface area contributed by atoms with Crippen molar-refractivity contribution in [2.75, 3.05) is 5.75 Å². The largest absolute Gasteiger partial charge is 0.450 e. The summed E-state index contributed by atoms with van der Waals surface area (Å²) in [5.41, 5.74) is 0. The van der Waals surface area contributed by atoms with Gasteiger partial charge in [-0.2, -0.15) is 26.3 Å². The molecule has 1 atom stereocenters. The Balaban J connectivity index is 3.24. The molecule has 15 heavy (non-hydrogen) atoms. The summed E-state index contributed by atoms with van der Waals surface area (Å²) in [5.74, 6) is -0.402. The van der Waals surface area contributed by atoms with Crippen molar-refractivity contribution in [1.82, 2.24) is 0 Å². The molecule has 1 unspecified atom stereocenters. The topological polar surface area (TPSA) is 0 Å². The minimum Gasteiger partial charge on any atom is -0.165 e. The lowest BCUT2D eigenvalue weighted by Crippen LogP contribution is -2.61. The molecule has 1 heterocycles. The summed E-state index contributed by atoms with van der Waals surface area (Å²) in [6.07, 6.45) is -9.76. The Morgan fingerprint density at radius 1 is 1.00 bits per heavy atom. The predicted octanol–water partition coefficient (Wildman–Crippen LogP) is 3.58. The van der Waals surface area contributed by atoms with E-state index in [1.807, 2.05) is 0 Å². The maximum Gasteiger partial charge on any atom is 0.450 e. The number of hydrogen-bond donors (Lipinski definition) is 0. The van der Waals surface area contributed by atoms with Crippen LogP contribution in [0.2, 0.25) is 0 Å². The standard InChI is InChI=1S/C7H6ClF6S/c8-15-4-2-1-3-5(15,6(9,10)11)7(12,13)14/h1-2H,3-4H2/q+1. The molecular formula is C7H6ClF6S+. The Labute approximate surface area is 89.1 Å². The summed E-state index contributed by atoms with van der Waals surface area (Å²) in [6, 6.07) is 0. The van der Waals surface area contributed by atoms with Crippen molar-refractivity contribution in [2.24, 2.45) is 0 Å². The average Bonchev–Trinajstić information content (AvgIpc) is 2.00. The van der Waals surface area contributed by atoms with E-state index >= 15 is 0 Å². The molecule has 0 aromatic rings. The second kappa shape index (κ2) is 3.76. The van der Waals surface area contributed by atoms with Crippen LogP contribution in [0.25, 0.3) is 0 Å². The van der Waals surface area contributed by atoms with Gasteiger partial charge in [-0.05, 0) is 6.08 Å². The van der Waals surface area contributed by atoms with E-state index < -0.39 is 39.4 Å². The number of allylic oxidation sites excluding steroid dienone is 1. The van der Waals surface area contributed by atoms with Crippen molar-refractivity contribution < 1.29 is 26.3 Å². The summed E-state index contributed by atoms with van der Waals surface area (Å²) < 4.78 is 71.3. The summed E-state index contributed by atoms with van der Waals surface area (Å²) in [4.78, 5) is 0. The maximum absolute atomic E-state index is 12.5. The third-order valence-corrected chi connectivity index (χ3v) is 5.15. The predicted molar refractivity (Wildman–Crippen MR) is 46.7 cm³/mol. The van der Waals surface area contributed by atoms with E-state index in [9.17, 15) is 26.3 Å².